The summed E-state index contributed by atoms with van der Waals surface area (Å²) < 4.78 is 0. The van der Waals surface area contributed by atoms with Crippen molar-refractivity contribution in [3.8, 4) is 0 Å². The molecule has 2 rings (SSSR count). The lowest BCUT2D eigenvalue weighted by molar-refractivity contribution is -0.123. The first kappa shape index (κ1) is 11.9. The second-order valence-electron chi connectivity index (χ2n) is 6.31. The second-order valence-corrected chi connectivity index (χ2v) is 6.31. The van der Waals surface area contributed by atoms with E-state index in [2.05, 4.69) is 19.2 Å². The first-order valence-electron chi connectivity index (χ1n) is 6.51. The Morgan fingerprint density at radius 3 is 2.44 bits per heavy atom. The molecule has 0 aromatic rings. The maximum atomic E-state index is 11.8. The fourth-order valence-corrected chi connectivity index (χ4v) is 2.70. The first-order valence-corrected chi connectivity index (χ1v) is 6.51. The molecule has 92 valence electrons. The molecule has 0 heterocycles. The van der Waals surface area contributed by atoms with E-state index in [1.807, 2.05) is 0 Å². The Hall–Kier alpha value is -0.570. The zero-order chi connectivity index (χ0) is 11.8. The number of nitrogens with one attached hydrogen (secondary N) is 1. The number of carbonyl (C=O) groups is 1. The molecule has 0 bridgehead atoms. The summed E-state index contributed by atoms with van der Waals surface area (Å²) in [5, 5.41) is 3.04. The van der Waals surface area contributed by atoms with Crippen LogP contribution in [0.5, 0.6) is 0 Å². The number of hydrogen-bond donors (Lipinski definition) is 2. The molecule has 2 fully saturated rings. The molecule has 3 N–H and O–H groups in total. The second kappa shape index (κ2) is 4.02. The predicted molar refractivity (Wildman–Crippen MR) is 64.9 cm³/mol. The normalized spacial score (nSPS) is 24.4. The minimum atomic E-state index is -0.522. The van der Waals surface area contributed by atoms with Crippen molar-refractivity contribution in [3.05, 3.63) is 0 Å². The van der Waals surface area contributed by atoms with Gasteiger partial charge in [0.25, 0.3) is 0 Å². The van der Waals surface area contributed by atoms with Gasteiger partial charge in [0, 0.05) is 6.54 Å². The van der Waals surface area contributed by atoms with Gasteiger partial charge in [-0.1, -0.05) is 26.7 Å². The largest absolute Gasteiger partial charge is 0.354 e. The molecule has 3 heteroatoms. The lowest BCUT2D eigenvalue weighted by atomic mass is 9.77. The lowest BCUT2D eigenvalue weighted by Gasteiger charge is -2.32. The van der Waals surface area contributed by atoms with Crippen molar-refractivity contribution in [2.45, 2.75) is 57.9 Å². The zero-order valence-electron chi connectivity index (χ0n) is 10.5. The molecule has 2 aliphatic rings. The lowest BCUT2D eigenvalue weighted by Crippen LogP contribution is -2.47. The number of nitrogens with two attached hydrogens (primary N) is 1. The first-order chi connectivity index (χ1) is 7.44. The molecule has 0 aromatic carbocycles. The van der Waals surface area contributed by atoms with Gasteiger partial charge in [-0.3, -0.25) is 4.79 Å². The van der Waals surface area contributed by atoms with Crippen LogP contribution in [0.25, 0.3) is 0 Å². The summed E-state index contributed by atoms with van der Waals surface area (Å²) in [5.41, 5.74) is 5.56. The van der Waals surface area contributed by atoms with Gasteiger partial charge in [-0.2, -0.15) is 0 Å². The van der Waals surface area contributed by atoms with Gasteiger partial charge in [0.1, 0.15) is 0 Å². The highest BCUT2D eigenvalue weighted by atomic mass is 16.2. The van der Waals surface area contributed by atoms with E-state index in [-0.39, 0.29) is 11.3 Å². The topological polar surface area (TPSA) is 55.1 Å². The van der Waals surface area contributed by atoms with Gasteiger partial charge in [0.05, 0.1) is 5.54 Å². The molecule has 0 radical (unpaired) electrons. The van der Waals surface area contributed by atoms with Crippen LogP contribution in [0.1, 0.15) is 52.4 Å². The van der Waals surface area contributed by atoms with Crippen molar-refractivity contribution in [2.75, 3.05) is 6.54 Å². The van der Waals surface area contributed by atoms with Crippen LogP contribution in [0.15, 0.2) is 0 Å². The highest BCUT2D eigenvalue weighted by Crippen LogP contribution is 2.39. The van der Waals surface area contributed by atoms with E-state index >= 15 is 0 Å². The number of carbonyl (C=O) groups excluding carboxylic acids is 1. The summed E-state index contributed by atoms with van der Waals surface area (Å²) in [5.74, 6) is 0.819. The Kier molecular flexibility index (Phi) is 2.99. The van der Waals surface area contributed by atoms with E-state index in [1.165, 1.54) is 25.7 Å². The minimum absolute atomic E-state index is 0.0542. The average molecular weight is 224 g/mol. The summed E-state index contributed by atoms with van der Waals surface area (Å²) in [6.45, 7) is 5.30. The van der Waals surface area contributed by atoms with Crippen molar-refractivity contribution >= 4 is 5.91 Å². The van der Waals surface area contributed by atoms with Crippen molar-refractivity contribution in [1.82, 2.24) is 5.32 Å². The van der Waals surface area contributed by atoms with E-state index < -0.39 is 5.54 Å². The molecule has 0 saturated heterocycles. The van der Waals surface area contributed by atoms with Crippen LogP contribution in [0, 0.1) is 11.3 Å². The van der Waals surface area contributed by atoms with Crippen LogP contribution in [0.3, 0.4) is 0 Å². The molecule has 16 heavy (non-hydrogen) atoms. The summed E-state index contributed by atoms with van der Waals surface area (Å²) >= 11 is 0. The van der Waals surface area contributed by atoms with E-state index in [9.17, 15) is 4.79 Å². The van der Waals surface area contributed by atoms with E-state index in [0.717, 1.165) is 25.3 Å². The third-order valence-electron chi connectivity index (χ3n) is 4.41. The fraction of sp³-hybridized carbons (Fsp3) is 0.923. The van der Waals surface area contributed by atoms with Crippen LogP contribution in [0.4, 0.5) is 0 Å². The molecule has 3 nitrogen and oxygen atoms in total. The predicted octanol–water partition coefficient (Wildman–Crippen LogP) is 1.81. The Bertz CT molecular complexity index is 276. The van der Waals surface area contributed by atoms with Crippen molar-refractivity contribution < 1.29 is 4.79 Å². The molecule has 0 aromatic heterocycles. The van der Waals surface area contributed by atoms with Crippen molar-refractivity contribution in [3.63, 3.8) is 0 Å². The zero-order valence-corrected chi connectivity index (χ0v) is 10.5. The van der Waals surface area contributed by atoms with Crippen molar-refractivity contribution in [2.24, 2.45) is 17.1 Å². The number of amides is 1. The number of hydrogen-bond acceptors (Lipinski definition) is 2. The van der Waals surface area contributed by atoms with Gasteiger partial charge >= 0.3 is 0 Å². The third-order valence-corrected chi connectivity index (χ3v) is 4.41. The average Bonchev–Trinajstić information content (AvgIpc) is 2.80. The Morgan fingerprint density at radius 1 is 1.38 bits per heavy atom. The van der Waals surface area contributed by atoms with Gasteiger partial charge in [-0.25, -0.2) is 0 Å². The quantitative estimate of drug-likeness (QED) is 0.765. The van der Waals surface area contributed by atoms with Crippen LogP contribution in [-0.4, -0.2) is 18.0 Å². The highest BCUT2D eigenvalue weighted by Gasteiger charge is 2.46. The summed E-state index contributed by atoms with van der Waals surface area (Å²) in [6.07, 6.45) is 7.03. The molecule has 0 aliphatic heterocycles. The molecule has 0 unspecified atom stereocenters. The highest BCUT2D eigenvalue weighted by molar-refractivity contribution is 5.88. The van der Waals surface area contributed by atoms with E-state index in [1.54, 1.807) is 0 Å². The van der Waals surface area contributed by atoms with Crippen molar-refractivity contribution in [1.29, 1.82) is 0 Å². The number of rotatable bonds is 4. The fourth-order valence-electron chi connectivity index (χ4n) is 2.70. The maximum absolute atomic E-state index is 11.8. The van der Waals surface area contributed by atoms with Crippen LogP contribution >= 0.6 is 0 Å². The summed E-state index contributed by atoms with van der Waals surface area (Å²) in [7, 11) is 0. The maximum Gasteiger partial charge on any atom is 0.240 e. The van der Waals surface area contributed by atoms with E-state index in [4.69, 9.17) is 5.73 Å². The van der Waals surface area contributed by atoms with Crippen LogP contribution in [0.2, 0.25) is 0 Å². The SMILES string of the molecule is CC(C)(CNC(=O)C1(N)CC1)C1CCCC1. The van der Waals surface area contributed by atoms with Gasteiger partial charge in [0.15, 0.2) is 0 Å². The molecular weight excluding hydrogens is 200 g/mol. The summed E-state index contributed by atoms with van der Waals surface area (Å²) in [6, 6.07) is 0. The van der Waals surface area contributed by atoms with Gasteiger partial charge in [-0.05, 0) is 37.0 Å². The summed E-state index contributed by atoms with van der Waals surface area (Å²) in [4.78, 5) is 11.8. The van der Waals surface area contributed by atoms with Gasteiger partial charge in [0.2, 0.25) is 5.91 Å². The Labute approximate surface area is 98.2 Å². The smallest absolute Gasteiger partial charge is 0.240 e. The molecule has 2 saturated carbocycles. The molecule has 0 spiro atoms. The Balaban J connectivity index is 1.81. The standard InChI is InChI=1S/C13H24N2O/c1-12(2,10-5-3-4-6-10)9-15-11(16)13(14)7-8-13/h10H,3-9,14H2,1-2H3,(H,15,16). The third kappa shape index (κ3) is 2.40. The van der Waals surface area contributed by atoms with E-state index in [0.29, 0.717) is 0 Å². The van der Waals surface area contributed by atoms with Crippen LogP contribution in [-0.2, 0) is 4.79 Å². The van der Waals surface area contributed by atoms with Gasteiger partial charge < -0.3 is 11.1 Å². The minimum Gasteiger partial charge on any atom is -0.354 e. The van der Waals surface area contributed by atoms with Crippen LogP contribution < -0.4 is 11.1 Å². The molecule has 0 atom stereocenters. The molecule has 2 aliphatic carbocycles. The monoisotopic (exact) mass is 224 g/mol. The van der Waals surface area contributed by atoms with Gasteiger partial charge in [-0.15, -0.1) is 0 Å². The Morgan fingerprint density at radius 2 is 1.94 bits per heavy atom. The molecule has 1 amide bonds. The molecular formula is C13H24N2O.